The maximum atomic E-state index is 13.4. The van der Waals surface area contributed by atoms with E-state index in [0.717, 1.165) is 0 Å². The van der Waals surface area contributed by atoms with Gasteiger partial charge < -0.3 is 14.6 Å². The van der Waals surface area contributed by atoms with Crippen molar-refractivity contribution in [1.82, 2.24) is 0 Å². The van der Waals surface area contributed by atoms with Crippen molar-refractivity contribution in [3.63, 3.8) is 0 Å². The molecular weight excluding hydrogens is 333 g/mol. The van der Waals surface area contributed by atoms with Crippen LogP contribution in [0.4, 0.5) is 13.2 Å². The van der Waals surface area contributed by atoms with Gasteiger partial charge in [0.1, 0.15) is 0 Å². The van der Waals surface area contributed by atoms with E-state index in [1.807, 2.05) is 0 Å². The summed E-state index contributed by atoms with van der Waals surface area (Å²) in [7, 11) is 0. The van der Waals surface area contributed by atoms with E-state index in [9.17, 15) is 23.1 Å². The number of hydrogen-bond acceptors (Lipinski definition) is 5. The molecule has 0 radical (unpaired) electrons. The van der Waals surface area contributed by atoms with Crippen LogP contribution in [0.2, 0.25) is 0 Å². The fourth-order valence-corrected chi connectivity index (χ4v) is 4.51. The maximum absolute atomic E-state index is 13.4. The molecule has 24 heavy (non-hydrogen) atoms. The summed E-state index contributed by atoms with van der Waals surface area (Å²) in [4.78, 5) is 22.6. The average Bonchev–Trinajstić information content (AvgIpc) is 2.71. The molecule has 5 atom stereocenters. The van der Waals surface area contributed by atoms with Gasteiger partial charge >= 0.3 is 12.1 Å². The molecule has 1 aliphatic carbocycles. The first-order chi connectivity index (χ1) is 11.2. The lowest BCUT2D eigenvalue weighted by molar-refractivity contribution is -0.556. The Labute approximate surface area is 135 Å². The van der Waals surface area contributed by atoms with Crippen molar-refractivity contribution in [1.29, 1.82) is 0 Å². The van der Waals surface area contributed by atoms with Crippen molar-refractivity contribution in [3.8, 4) is 0 Å². The molecule has 3 saturated heterocycles. The van der Waals surface area contributed by atoms with Crippen molar-refractivity contribution in [3.05, 3.63) is 11.3 Å². The maximum Gasteiger partial charge on any atom is 0.449 e. The minimum atomic E-state index is -4.92. The van der Waals surface area contributed by atoms with E-state index in [1.54, 1.807) is 6.92 Å². The van der Waals surface area contributed by atoms with Gasteiger partial charge in [0.15, 0.2) is 5.60 Å². The highest BCUT2D eigenvalue weighted by Gasteiger charge is 2.70. The molecule has 4 fully saturated rings. The number of carbonyl (C=O) groups is 1. The van der Waals surface area contributed by atoms with Gasteiger partial charge in [0.05, 0.1) is 5.57 Å². The molecule has 1 saturated carbocycles. The van der Waals surface area contributed by atoms with Crippen LogP contribution in [-0.2, 0) is 24.0 Å². The summed E-state index contributed by atoms with van der Waals surface area (Å²) in [6, 6.07) is 0. The molecule has 0 aromatic rings. The van der Waals surface area contributed by atoms with E-state index in [4.69, 9.17) is 19.2 Å². The Morgan fingerprint density at radius 3 is 2.67 bits per heavy atom. The summed E-state index contributed by atoms with van der Waals surface area (Å²) in [5.41, 5.74) is -2.14. The zero-order chi connectivity index (χ0) is 17.3. The second-order valence-electron chi connectivity index (χ2n) is 6.99. The second kappa shape index (κ2) is 4.86. The minimum Gasteiger partial charge on any atom is -0.478 e. The van der Waals surface area contributed by atoms with Gasteiger partial charge in [-0.1, -0.05) is 6.42 Å². The number of aliphatic carboxylic acids is 1. The monoisotopic (exact) mass is 350 g/mol. The molecule has 1 N–H and O–H groups in total. The van der Waals surface area contributed by atoms with E-state index >= 15 is 0 Å². The zero-order valence-corrected chi connectivity index (χ0v) is 12.9. The number of hydrogen-bond donors (Lipinski definition) is 1. The van der Waals surface area contributed by atoms with Gasteiger partial charge in [0.2, 0.25) is 17.8 Å². The molecule has 2 unspecified atom stereocenters. The van der Waals surface area contributed by atoms with Crippen molar-refractivity contribution in [2.75, 3.05) is 0 Å². The van der Waals surface area contributed by atoms with Gasteiger partial charge in [-0.05, 0) is 32.1 Å². The average molecular weight is 350 g/mol. The standard InChI is InChI=1S/C15H17F3O6/c1-13-6-5-7-3-2-4-8-9(11(19)20)10(15(16,17)18)21-12(22-13)14(7,8)24-23-13/h7-8,12H,2-6H2,1H3,(H,19,20)/t7?,8-,12?,13-,14+/m0/s1. The van der Waals surface area contributed by atoms with Gasteiger partial charge in [-0.15, -0.1) is 0 Å². The Morgan fingerprint density at radius 2 is 2.00 bits per heavy atom. The molecule has 0 amide bonds. The summed E-state index contributed by atoms with van der Waals surface area (Å²) in [5.74, 6) is -5.52. The SMILES string of the molecule is C[C@]12CCC3CCC[C@H]4C(C(=O)O)=C(C(F)(F)F)OC(O1)[C@@]34OO2. The van der Waals surface area contributed by atoms with Crippen LogP contribution in [0.15, 0.2) is 11.3 Å². The zero-order valence-electron chi connectivity index (χ0n) is 12.9. The number of carboxylic acids is 1. The molecule has 5 rings (SSSR count). The molecule has 4 heterocycles. The lowest BCUT2D eigenvalue weighted by Crippen LogP contribution is -2.66. The van der Waals surface area contributed by atoms with Crippen molar-refractivity contribution in [2.24, 2.45) is 11.8 Å². The topological polar surface area (TPSA) is 74.2 Å². The summed E-state index contributed by atoms with van der Waals surface area (Å²) in [6.45, 7) is 1.58. The van der Waals surface area contributed by atoms with Crippen LogP contribution < -0.4 is 0 Å². The molecule has 4 aliphatic heterocycles. The Morgan fingerprint density at radius 1 is 1.25 bits per heavy atom. The molecule has 1 spiro atoms. The van der Waals surface area contributed by atoms with E-state index in [0.29, 0.717) is 25.7 Å². The Kier molecular flexibility index (Phi) is 3.27. The molecular formula is C15H17F3O6. The smallest absolute Gasteiger partial charge is 0.449 e. The highest BCUT2D eigenvalue weighted by atomic mass is 19.4. The third kappa shape index (κ3) is 2.04. The Bertz CT molecular complexity index is 617. The highest BCUT2D eigenvalue weighted by molar-refractivity contribution is 5.88. The number of rotatable bonds is 1. The fraction of sp³-hybridized carbons (Fsp3) is 0.800. The summed E-state index contributed by atoms with van der Waals surface area (Å²) >= 11 is 0. The van der Waals surface area contributed by atoms with E-state index in [1.165, 1.54) is 0 Å². The summed E-state index contributed by atoms with van der Waals surface area (Å²) in [5, 5.41) is 9.44. The molecule has 6 nitrogen and oxygen atoms in total. The van der Waals surface area contributed by atoms with E-state index in [-0.39, 0.29) is 12.3 Å². The minimum absolute atomic E-state index is 0.185. The molecule has 0 aromatic heterocycles. The van der Waals surface area contributed by atoms with Crippen LogP contribution in [0, 0.1) is 11.8 Å². The Balaban J connectivity index is 1.91. The van der Waals surface area contributed by atoms with Gasteiger partial charge in [-0.3, -0.25) is 0 Å². The summed E-state index contributed by atoms with van der Waals surface area (Å²) < 4.78 is 51.0. The molecule has 5 aliphatic rings. The molecule has 0 aromatic carbocycles. The van der Waals surface area contributed by atoms with Crippen molar-refractivity contribution in [2.45, 2.75) is 62.9 Å². The van der Waals surface area contributed by atoms with Crippen LogP contribution in [-0.4, -0.2) is 34.9 Å². The molecule has 9 heteroatoms. The normalized spacial score (nSPS) is 44.6. The quantitative estimate of drug-likeness (QED) is 0.733. The molecule has 2 bridgehead atoms. The first-order valence-corrected chi connectivity index (χ1v) is 7.93. The third-order valence-electron chi connectivity index (χ3n) is 5.57. The van der Waals surface area contributed by atoms with Crippen LogP contribution in [0.25, 0.3) is 0 Å². The highest BCUT2D eigenvalue weighted by Crippen LogP contribution is 2.60. The van der Waals surface area contributed by atoms with E-state index < -0.39 is 47.1 Å². The third-order valence-corrected chi connectivity index (χ3v) is 5.57. The first kappa shape index (κ1) is 16.2. The number of fused-ring (bicyclic) bond motifs is 2. The van der Waals surface area contributed by atoms with Gasteiger partial charge in [0.25, 0.3) is 0 Å². The van der Waals surface area contributed by atoms with Crippen LogP contribution in [0.5, 0.6) is 0 Å². The largest absolute Gasteiger partial charge is 0.478 e. The summed E-state index contributed by atoms with van der Waals surface area (Å²) in [6.07, 6.45) is -3.63. The Hall–Kier alpha value is -1.32. The van der Waals surface area contributed by atoms with Gasteiger partial charge in [0, 0.05) is 12.3 Å². The van der Waals surface area contributed by atoms with Gasteiger partial charge in [-0.25, -0.2) is 14.6 Å². The number of allylic oxidation sites excluding steroid dienone is 1. The number of alkyl halides is 3. The van der Waals surface area contributed by atoms with Crippen LogP contribution >= 0.6 is 0 Å². The van der Waals surface area contributed by atoms with E-state index in [2.05, 4.69) is 0 Å². The van der Waals surface area contributed by atoms with Gasteiger partial charge in [-0.2, -0.15) is 13.2 Å². The lowest BCUT2D eigenvalue weighted by atomic mass is 9.63. The van der Waals surface area contributed by atoms with Crippen molar-refractivity contribution < 1.29 is 42.3 Å². The first-order valence-electron chi connectivity index (χ1n) is 7.93. The fourth-order valence-electron chi connectivity index (χ4n) is 4.51. The number of ether oxygens (including phenoxy) is 2. The van der Waals surface area contributed by atoms with Crippen molar-refractivity contribution >= 4 is 5.97 Å². The predicted molar refractivity (Wildman–Crippen MR) is 70.0 cm³/mol. The number of carboxylic acid groups (broad SMARTS) is 1. The lowest BCUT2D eigenvalue weighted by Gasteiger charge is -2.55. The van der Waals surface area contributed by atoms with Crippen LogP contribution in [0.3, 0.4) is 0 Å². The molecule has 134 valence electrons. The predicted octanol–water partition coefficient (Wildman–Crippen LogP) is 2.89. The second-order valence-corrected chi connectivity index (χ2v) is 6.99. The van der Waals surface area contributed by atoms with Crippen LogP contribution in [0.1, 0.15) is 39.0 Å². The number of halogens is 3.